The molecule has 0 radical (unpaired) electrons. The standard InChI is InChI=1S/C18H23NOS/c1-4-19-16(15-10-6-7-11-17(15)20-3)13-21-18-12-8-5-9-14(18)2/h5-12,16,19H,4,13H2,1-3H3. The molecule has 0 aliphatic heterocycles. The zero-order valence-electron chi connectivity index (χ0n) is 12.9. The van der Waals surface area contributed by atoms with Crippen LogP contribution in [-0.2, 0) is 0 Å². The monoisotopic (exact) mass is 301 g/mol. The summed E-state index contributed by atoms with van der Waals surface area (Å²) in [5, 5.41) is 3.56. The molecule has 0 amide bonds. The summed E-state index contributed by atoms with van der Waals surface area (Å²) in [6.45, 7) is 5.24. The fourth-order valence-corrected chi connectivity index (χ4v) is 3.46. The van der Waals surface area contributed by atoms with E-state index in [1.807, 2.05) is 23.9 Å². The molecule has 0 bridgehead atoms. The van der Waals surface area contributed by atoms with Crippen LogP contribution in [-0.4, -0.2) is 19.4 Å². The molecule has 0 aliphatic rings. The first kappa shape index (κ1) is 15.9. The average molecular weight is 301 g/mol. The van der Waals surface area contributed by atoms with Crippen molar-refractivity contribution in [2.45, 2.75) is 24.8 Å². The number of nitrogens with one attached hydrogen (secondary N) is 1. The van der Waals surface area contributed by atoms with Gasteiger partial charge in [0, 0.05) is 22.3 Å². The fraction of sp³-hybridized carbons (Fsp3) is 0.333. The Kier molecular flexibility index (Phi) is 6.15. The van der Waals surface area contributed by atoms with Gasteiger partial charge >= 0.3 is 0 Å². The molecule has 0 aromatic heterocycles. The highest BCUT2D eigenvalue weighted by atomic mass is 32.2. The molecule has 21 heavy (non-hydrogen) atoms. The molecule has 0 fully saturated rings. The van der Waals surface area contributed by atoms with Crippen LogP contribution in [0.2, 0.25) is 0 Å². The molecule has 1 N–H and O–H groups in total. The van der Waals surface area contributed by atoms with Crippen LogP contribution in [0, 0.1) is 6.92 Å². The molecule has 0 spiro atoms. The van der Waals surface area contributed by atoms with Gasteiger partial charge in [-0.05, 0) is 31.2 Å². The minimum atomic E-state index is 0.288. The summed E-state index contributed by atoms with van der Waals surface area (Å²) in [6, 6.07) is 17.1. The van der Waals surface area contributed by atoms with Crippen LogP contribution in [0.25, 0.3) is 0 Å². The number of benzene rings is 2. The molecule has 1 unspecified atom stereocenters. The Morgan fingerprint density at radius 3 is 2.52 bits per heavy atom. The van der Waals surface area contributed by atoms with Crippen molar-refractivity contribution in [1.29, 1.82) is 0 Å². The van der Waals surface area contributed by atoms with Crippen LogP contribution in [0.4, 0.5) is 0 Å². The first-order valence-electron chi connectivity index (χ1n) is 7.31. The lowest BCUT2D eigenvalue weighted by Crippen LogP contribution is -2.23. The Bertz CT molecular complexity index is 571. The van der Waals surface area contributed by atoms with Crippen molar-refractivity contribution < 1.29 is 4.74 Å². The predicted molar refractivity (Wildman–Crippen MR) is 91.3 cm³/mol. The van der Waals surface area contributed by atoms with E-state index in [9.17, 15) is 0 Å². The van der Waals surface area contributed by atoms with E-state index in [1.165, 1.54) is 16.0 Å². The Labute approximate surface area is 131 Å². The van der Waals surface area contributed by atoms with Gasteiger partial charge in [0.2, 0.25) is 0 Å². The molecule has 2 aromatic rings. The van der Waals surface area contributed by atoms with E-state index in [0.29, 0.717) is 0 Å². The number of aryl methyl sites for hydroxylation is 1. The van der Waals surface area contributed by atoms with Crippen LogP contribution in [0.15, 0.2) is 53.4 Å². The second kappa shape index (κ2) is 8.11. The lowest BCUT2D eigenvalue weighted by atomic mass is 10.1. The predicted octanol–water partition coefficient (Wildman–Crippen LogP) is 4.45. The second-order valence-electron chi connectivity index (χ2n) is 4.93. The number of hydrogen-bond donors (Lipinski definition) is 1. The Balaban J connectivity index is 2.14. The summed E-state index contributed by atoms with van der Waals surface area (Å²) in [7, 11) is 1.73. The van der Waals surface area contributed by atoms with Crippen LogP contribution >= 0.6 is 11.8 Å². The lowest BCUT2D eigenvalue weighted by Gasteiger charge is -2.20. The fourth-order valence-electron chi connectivity index (χ4n) is 2.35. The second-order valence-corrected chi connectivity index (χ2v) is 5.99. The van der Waals surface area contributed by atoms with Crippen molar-refractivity contribution in [2.24, 2.45) is 0 Å². The summed E-state index contributed by atoms with van der Waals surface area (Å²) in [4.78, 5) is 1.34. The third-order valence-corrected chi connectivity index (χ3v) is 4.73. The number of hydrogen-bond acceptors (Lipinski definition) is 3. The zero-order chi connectivity index (χ0) is 15.1. The van der Waals surface area contributed by atoms with Gasteiger partial charge in [-0.25, -0.2) is 0 Å². The van der Waals surface area contributed by atoms with Gasteiger partial charge in [-0.3, -0.25) is 0 Å². The molecule has 0 heterocycles. The first-order chi connectivity index (χ1) is 10.3. The summed E-state index contributed by atoms with van der Waals surface area (Å²) in [6.07, 6.45) is 0. The molecule has 2 nitrogen and oxygen atoms in total. The third kappa shape index (κ3) is 4.26. The van der Waals surface area contributed by atoms with E-state index >= 15 is 0 Å². The van der Waals surface area contributed by atoms with E-state index in [0.717, 1.165) is 18.0 Å². The Morgan fingerprint density at radius 2 is 1.81 bits per heavy atom. The number of methoxy groups -OCH3 is 1. The van der Waals surface area contributed by atoms with E-state index in [-0.39, 0.29) is 6.04 Å². The molecular weight excluding hydrogens is 278 g/mol. The van der Waals surface area contributed by atoms with Gasteiger partial charge in [0.25, 0.3) is 0 Å². The van der Waals surface area contributed by atoms with Crippen molar-refractivity contribution in [1.82, 2.24) is 5.32 Å². The molecule has 2 aromatic carbocycles. The zero-order valence-corrected chi connectivity index (χ0v) is 13.7. The largest absolute Gasteiger partial charge is 0.496 e. The first-order valence-corrected chi connectivity index (χ1v) is 8.29. The molecule has 0 saturated heterocycles. The van der Waals surface area contributed by atoms with E-state index in [2.05, 4.69) is 55.6 Å². The molecule has 0 saturated carbocycles. The Hall–Kier alpha value is -1.45. The maximum absolute atomic E-state index is 5.50. The van der Waals surface area contributed by atoms with Gasteiger partial charge in [0.15, 0.2) is 0 Å². The quantitative estimate of drug-likeness (QED) is 0.764. The normalized spacial score (nSPS) is 12.1. The number of ether oxygens (including phenoxy) is 1. The van der Waals surface area contributed by atoms with Crippen molar-refractivity contribution in [2.75, 3.05) is 19.4 Å². The van der Waals surface area contributed by atoms with Crippen LogP contribution < -0.4 is 10.1 Å². The molecule has 1 atom stereocenters. The van der Waals surface area contributed by atoms with Crippen LogP contribution in [0.3, 0.4) is 0 Å². The molecule has 3 heteroatoms. The highest BCUT2D eigenvalue weighted by Crippen LogP contribution is 2.31. The topological polar surface area (TPSA) is 21.3 Å². The lowest BCUT2D eigenvalue weighted by molar-refractivity contribution is 0.403. The summed E-state index contributed by atoms with van der Waals surface area (Å²) >= 11 is 1.89. The van der Waals surface area contributed by atoms with Gasteiger partial charge < -0.3 is 10.1 Å². The maximum atomic E-state index is 5.50. The maximum Gasteiger partial charge on any atom is 0.123 e. The molecule has 112 valence electrons. The van der Waals surface area contributed by atoms with Gasteiger partial charge in [-0.15, -0.1) is 11.8 Å². The molecular formula is C18H23NOS. The average Bonchev–Trinajstić information content (AvgIpc) is 2.53. The van der Waals surface area contributed by atoms with Gasteiger partial charge in [-0.1, -0.05) is 43.3 Å². The third-order valence-electron chi connectivity index (χ3n) is 3.46. The number of rotatable bonds is 7. The summed E-state index contributed by atoms with van der Waals surface area (Å²) in [5.74, 6) is 1.94. The van der Waals surface area contributed by atoms with Gasteiger partial charge in [0.1, 0.15) is 5.75 Å². The summed E-state index contributed by atoms with van der Waals surface area (Å²) < 4.78 is 5.50. The van der Waals surface area contributed by atoms with Crippen molar-refractivity contribution in [3.05, 3.63) is 59.7 Å². The van der Waals surface area contributed by atoms with E-state index < -0.39 is 0 Å². The van der Waals surface area contributed by atoms with Gasteiger partial charge in [0.05, 0.1) is 7.11 Å². The highest BCUT2D eigenvalue weighted by molar-refractivity contribution is 7.99. The van der Waals surface area contributed by atoms with Crippen molar-refractivity contribution in [3.63, 3.8) is 0 Å². The van der Waals surface area contributed by atoms with Crippen molar-refractivity contribution in [3.8, 4) is 5.75 Å². The van der Waals surface area contributed by atoms with E-state index in [4.69, 9.17) is 4.74 Å². The molecule has 2 rings (SSSR count). The van der Waals surface area contributed by atoms with E-state index in [1.54, 1.807) is 7.11 Å². The summed E-state index contributed by atoms with van der Waals surface area (Å²) in [5.41, 5.74) is 2.56. The van der Waals surface area contributed by atoms with Crippen LogP contribution in [0.1, 0.15) is 24.1 Å². The van der Waals surface area contributed by atoms with Gasteiger partial charge in [-0.2, -0.15) is 0 Å². The highest BCUT2D eigenvalue weighted by Gasteiger charge is 2.15. The van der Waals surface area contributed by atoms with Crippen LogP contribution in [0.5, 0.6) is 5.75 Å². The number of thioether (sulfide) groups is 1. The minimum absolute atomic E-state index is 0.288. The molecule has 0 aliphatic carbocycles. The SMILES string of the molecule is CCNC(CSc1ccccc1C)c1ccccc1OC. The van der Waals surface area contributed by atoms with Crippen molar-refractivity contribution >= 4 is 11.8 Å². The minimum Gasteiger partial charge on any atom is -0.496 e. The smallest absolute Gasteiger partial charge is 0.123 e. The Morgan fingerprint density at radius 1 is 1.10 bits per heavy atom. The number of para-hydroxylation sites is 1.